The highest BCUT2D eigenvalue weighted by Gasteiger charge is 2.26. The Morgan fingerprint density at radius 2 is 1.87 bits per heavy atom. The van der Waals surface area contributed by atoms with Gasteiger partial charge in [0, 0.05) is 42.8 Å². The first-order chi connectivity index (χ1) is 18.8. The normalized spacial score (nSPS) is 15.8. The van der Waals surface area contributed by atoms with E-state index in [2.05, 4.69) is 61.0 Å². The van der Waals surface area contributed by atoms with Crippen molar-refractivity contribution in [2.45, 2.75) is 38.1 Å². The number of sulfone groups is 1. The second-order valence-electron chi connectivity index (χ2n) is 9.53. The smallest absolute Gasteiger partial charge is 0.258 e. The Bertz CT molecular complexity index is 1580. The van der Waals surface area contributed by atoms with Crippen LogP contribution in [0.15, 0.2) is 59.9 Å². The van der Waals surface area contributed by atoms with E-state index in [4.69, 9.17) is 0 Å². The number of imidazole rings is 1. The molecule has 3 aromatic heterocycles. The number of nitrogens with one attached hydrogen (secondary N) is 2. The zero-order chi connectivity index (χ0) is 27.6. The van der Waals surface area contributed by atoms with Crippen molar-refractivity contribution in [1.82, 2.24) is 24.8 Å². The maximum atomic E-state index is 13.2. The minimum absolute atomic E-state index is 0.0328. The molecule has 0 radical (unpaired) electrons. The molecule has 4 heterocycles. The highest BCUT2D eigenvalue weighted by atomic mass is 32.2. The number of nitrogens with zero attached hydrogens (tertiary/aromatic N) is 5. The quantitative estimate of drug-likeness (QED) is 0.322. The number of rotatable bonds is 9. The molecule has 0 aliphatic carbocycles. The summed E-state index contributed by atoms with van der Waals surface area (Å²) in [5, 5.41) is 2.70. The van der Waals surface area contributed by atoms with E-state index in [0.717, 1.165) is 38.2 Å². The van der Waals surface area contributed by atoms with Gasteiger partial charge in [0.2, 0.25) is 0 Å². The standard InChI is InChI=1S/C28H33N7O3S/c1-4-34(5-2)21-13-16-35(18-21)20-9-7-19(8-10-20)26-32-25-22(11-15-30-27(25)33-26)28(36)31-23-17-29-14-12-24(23)39(37,38)6-3/h7-12,14-15,17,21H,4-6,13,16,18H2,1-3H3,(H,31,36)(H,30,32,33). The lowest BCUT2D eigenvalue weighted by molar-refractivity contribution is 0.102. The summed E-state index contributed by atoms with van der Waals surface area (Å²) in [6, 6.07) is 11.8. The molecule has 1 amide bonds. The Hall–Kier alpha value is -3.83. The zero-order valence-corrected chi connectivity index (χ0v) is 23.2. The lowest BCUT2D eigenvalue weighted by atomic mass is 10.2. The van der Waals surface area contributed by atoms with Crippen molar-refractivity contribution in [3.05, 3.63) is 60.6 Å². The predicted molar refractivity (Wildman–Crippen MR) is 153 cm³/mol. The number of aromatic nitrogens is 4. The van der Waals surface area contributed by atoms with E-state index in [1.165, 1.54) is 30.3 Å². The van der Waals surface area contributed by atoms with Crippen molar-refractivity contribution < 1.29 is 13.2 Å². The molecule has 10 nitrogen and oxygen atoms in total. The maximum absolute atomic E-state index is 13.2. The summed E-state index contributed by atoms with van der Waals surface area (Å²) in [6.07, 6.45) is 5.40. The Kier molecular flexibility index (Phi) is 7.62. The first-order valence-corrected chi connectivity index (χ1v) is 14.9. The molecule has 1 aliphatic rings. The van der Waals surface area contributed by atoms with Crippen LogP contribution >= 0.6 is 0 Å². The van der Waals surface area contributed by atoms with Crippen LogP contribution in [0.1, 0.15) is 37.6 Å². The van der Waals surface area contributed by atoms with Crippen LogP contribution in [0.2, 0.25) is 0 Å². The fraction of sp³-hybridized carbons (Fsp3) is 0.357. The Balaban J connectivity index is 1.37. The van der Waals surface area contributed by atoms with Crippen LogP contribution in [0.3, 0.4) is 0 Å². The summed E-state index contributed by atoms with van der Waals surface area (Å²) in [5.74, 6) is 0.0312. The molecule has 1 fully saturated rings. The van der Waals surface area contributed by atoms with Gasteiger partial charge in [-0.1, -0.05) is 20.8 Å². The lowest BCUT2D eigenvalue weighted by Gasteiger charge is -2.26. The Morgan fingerprint density at radius 1 is 1.10 bits per heavy atom. The van der Waals surface area contributed by atoms with Gasteiger partial charge in [-0.25, -0.2) is 18.4 Å². The second kappa shape index (κ2) is 11.1. The monoisotopic (exact) mass is 547 g/mol. The molecule has 1 aromatic carbocycles. The van der Waals surface area contributed by atoms with Crippen molar-refractivity contribution in [3.8, 4) is 11.4 Å². The topological polar surface area (TPSA) is 124 Å². The number of likely N-dealkylation sites (N-methyl/N-ethyl adjacent to an activating group) is 1. The lowest BCUT2D eigenvalue weighted by Crippen LogP contribution is -2.37. The van der Waals surface area contributed by atoms with Gasteiger partial charge < -0.3 is 15.2 Å². The molecule has 1 saturated heterocycles. The third kappa shape index (κ3) is 5.37. The molecule has 11 heteroatoms. The van der Waals surface area contributed by atoms with Gasteiger partial charge in [0.05, 0.1) is 33.6 Å². The van der Waals surface area contributed by atoms with Gasteiger partial charge in [-0.2, -0.15) is 0 Å². The molecular weight excluding hydrogens is 514 g/mol. The van der Waals surface area contributed by atoms with Gasteiger partial charge >= 0.3 is 0 Å². The van der Waals surface area contributed by atoms with Crippen LogP contribution in [0.25, 0.3) is 22.6 Å². The summed E-state index contributed by atoms with van der Waals surface area (Å²) in [7, 11) is -3.54. The average molecular weight is 548 g/mol. The fourth-order valence-corrected chi connectivity index (χ4v) is 6.19. The first-order valence-electron chi connectivity index (χ1n) is 13.3. The molecule has 0 saturated carbocycles. The Labute approximate surface area is 228 Å². The van der Waals surface area contributed by atoms with Crippen LogP contribution in [0, 0.1) is 0 Å². The molecule has 2 N–H and O–H groups in total. The van der Waals surface area contributed by atoms with Crippen LogP contribution in [0.5, 0.6) is 0 Å². The number of benzene rings is 1. The highest BCUT2D eigenvalue weighted by molar-refractivity contribution is 7.91. The largest absolute Gasteiger partial charge is 0.370 e. The first kappa shape index (κ1) is 26.8. The summed E-state index contributed by atoms with van der Waals surface area (Å²) < 4.78 is 25.0. The molecule has 5 rings (SSSR count). The van der Waals surface area contributed by atoms with Crippen LogP contribution in [-0.2, 0) is 9.84 Å². The summed E-state index contributed by atoms with van der Waals surface area (Å²) in [5.41, 5.74) is 3.37. The zero-order valence-electron chi connectivity index (χ0n) is 22.4. The minimum atomic E-state index is -3.54. The van der Waals surface area contributed by atoms with E-state index in [9.17, 15) is 13.2 Å². The molecule has 204 valence electrons. The van der Waals surface area contributed by atoms with Crippen LogP contribution in [-0.4, -0.2) is 77.1 Å². The average Bonchev–Trinajstić information content (AvgIpc) is 3.62. The van der Waals surface area contributed by atoms with Gasteiger partial charge in [-0.3, -0.25) is 14.7 Å². The van der Waals surface area contributed by atoms with Crippen molar-refractivity contribution in [2.75, 3.05) is 42.1 Å². The minimum Gasteiger partial charge on any atom is -0.370 e. The molecule has 0 bridgehead atoms. The number of hydrogen-bond acceptors (Lipinski definition) is 8. The number of aromatic amines is 1. The van der Waals surface area contributed by atoms with E-state index in [0.29, 0.717) is 28.6 Å². The summed E-state index contributed by atoms with van der Waals surface area (Å²) in [4.78, 5) is 34.4. The van der Waals surface area contributed by atoms with Gasteiger partial charge in [0.15, 0.2) is 15.5 Å². The summed E-state index contributed by atoms with van der Waals surface area (Å²) in [6.45, 7) is 10.2. The number of carbonyl (C=O) groups excluding carboxylic acids is 1. The fourth-order valence-electron chi connectivity index (χ4n) is 5.17. The number of hydrogen-bond donors (Lipinski definition) is 2. The van der Waals surface area contributed by atoms with E-state index in [1.807, 2.05) is 12.1 Å². The van der Waals surface area contributed by atoms with Gasteiger partial charge in [-0.05, 0) is 55.9 Å². The molecule has 39 heavy (non-hydrogen) atoms. The van der Waals surface area contributed by atoms with E-state index >= 15 is 0 Å². The molecule has 0 spiro atoms. The van der Waals surface area contributed by atoms with E-state index in [-0.39, 0.29) is 16.3 Å². The van der Waals surface area contributed by atoms with Gasteiger partial charge in [0.25, 0.3) is 5.91 Å². The van der Waals surface area contributed by atoms with Gasteiger partial charge in [0.1, 0.15) is 5.82 Å². The van der Waals surface area contributed by atoms with E-state index < -0.39 is 15.7 Å². The van der Waals surface area contributed by atoms with E-state index in [1.54, 1.807) is 13.0 Å². The molecule has 1 unspecified atom stereocenters. The van der Waals surface area contributed by atoms with Crippen molar-refractivity contribution in [3.63, 3.8) is 0 Å². The second-order valence-corrected chi connectivity index (χ2v) is 11.8. The maximum Gasteiger partial charge on any atom is 0.258 e. The van der Waals surface area contributed by atoms with Crippen LogP contribution in [0.4, 0.5) is 11.4 Å². The third-order valence-corrected chi connectivity index (χ3v) is 9.17. The van der Waals surface area contributed by atoms with Crippen LogP contribution < -0.4 is 10.2 Å². The number of fused-ring (bicyclic) bond motifs is 1. The van der Waals surface area contributed by atoms with Gasteiger partial charge in [-0.15, -0.1) is 0 Å². The van der Waals surface area contributed by atoms with Crippen molar-refractivity contribution >= 4 is 38.3 Å². The molecule has 1 aliphatic heterocycles. The summed E-state index contributed by atoms with van der Waals surface area (Å²) >= 11 is 0. The number of carbonyl (C=O) groups is 1. The number of pyridine rings is 2. The predicted octanol–water partition coefficient (Wildman–Crippen LogP) is 3.99. The molecule has 1 atom stereocenters. The number of H-pyrrole nitrogens is 1. The van der Waals surface area contributed by atoms with Crippen molar-refractivity contribution in [2.24, 2.45) is 0 Å². The number of anilines is 2. The highest BCUT2D eigenvalue weighted by Crippen LogP contribution is 2.28. The van der Waals surface area contributed by atoms with Crippen molar-refractivity contribution in [1.29, 1.82) is 0 Å². The molecule has 4 aromatic rings. The SMILES string of the molecule is CCN(CC)C1CCN(c2ccc(-c3nc4nccc(C(=O)Nc5cnccc5S(=O)(=O)CC)c4[nH]3)cc2)C1. The number of amides is 1. The molecular formula is C28H33N7O3S. The Morgan fingerprint density at radius 3 is 2.59 bits per heavy atom. The third-order valence-electron chi connectivity index (χ3n) is 7.38.